The first-order chi connectivity index (χ1) is 10.4. The summed E-state index contributed by atoms with van der Waals surface area (Å²) in [6.45, 7) is 8.04. The van der Waals surface area contributed by atoms with Gasteiger partial charge in [0.15, 0.2) is 0 Å². The zero-order valence-corrected chi connectivity index (χ0v) is 14.3. The summed E-state index contributed by atoms with van der Waals surface area (Å²) in [6.07, 6.45) is 3.87. The van der Waals surface area contributed by atoms with Crippen LogP contribution in [0, 0.1) is 5.92 Å². The highest BCUT2D eigenvalue weighted by Crippen LogP contribution is 2.30. The molecule has 0 N–H and O–H groups in total. The molecule has 1 saturated heterocycles. The smallest absolute Gasteiger partial charge is 0.310 e. The lowest BCUT2D eigenvalue weighted by molar-refractivity contribution is -0.145. The number of rotatable bonds is 2. The highest BCUT2D eigenvalue weighted by Gasteiger charge is 2.28. The van der Waals surface area contributed by atoms with Crippen LogP contribution in [0.15, 0.2) is 6.20 Å². The van der Waals surface area contributed by atoms with Crippen LogP contribution in [-0.2, 0) is 14.9 Å². The summed E-state index contributed by atoms with van der Waals surface area (Å²) < 4.78 is 6.72. The second-order valence-corrected chi connectivity index (χ2v) is 7.73. The lowest BCUT2D eigenvalue weighted by Crippen LogP contribution is -2.39. The Kier molecular flexibility index (Phi) is 3.84. The predicted molar refractivity (Wildman–Crippen MR) is 86.5 cm³/mol. The molecule has 7 heteroatoms. The molecule has 0 saturated carbocycles. The van der Waals surface area contributed by atoms with Crippen molar-refractivity contribution in [2.75, 3.05) is 25.1 Å². The Morgan fingerprint density at radius 3 is 2.86 bits per heavy atom. The molecule has 6 nitrogen and oxygen atoms in total. The molecule has 0 radical (unpaired) electrons. The standard InChI is InChI=1S/C15H22N4O2S/c1-15(2,3)11-9-19-13(16-11)22-14(17-19)18-7-5-6-10(8-18)12(20)21-4/h9-10H,5-8H2,1-4H3/t10-/m0/s1. The van der Waals surface area contributed by atoms with E-state index in [9.17, 15) is 4.79 Å². The van der Waals surface area contributed by atoms with Gasteiger partial charge in [-0.1, -0.05) is 32.1 Å². The van der Waals surface area contributed by atoms with Crippen molar-refractivity contribution in [2.24, 2.45) is 5.92 Å². The molecule has 3 rings (SSSR count). The van der Waals surface area contributed by atoms with E-state index >= 15 is 0 Å². The average molecular weight is 322 g/mol. The molecule has 120 valence electrons. The zero-order chi connectivity index (χ0) is 15.9. The Bertz CT molecular complexity index is 654. The van der Waals surface area contributed by atoms with Crippen molar-refractivity contribution in [1.29, 1.82) is 0 Å². The third-order valence-corrected chi connectivity index (χ3v) is 5.01. The van der Waals surface area contributed by atoms with Gasteiger partial charge in [-0.15, -0.1) is 5.10 Å². The lowest BCUT2D eigenvalue weighted by Gasteiger charge is -2.30. The van der Waals surface area contributed by atoms with E-state index in [0.29, 0.717) is 6.54 Å². The number of aromatic nitrogens is 3. The van der Waals surface area contributed by atoms with Crippen LogP contribution in [0.25, 0.3) is 4.96 Å². The number of anilines is 1. The van der Waals surface area contributed by atoms with Gasteiger partial charge in [0, 0.05) is 18.5 Å². The first kappa shape index (κ1) is 15.3. The first-order valence-electron chi connectivity index (χ1n) is 7.58. The van der Waals surface area contributed by atoms with Gasteiger partial charge in [0.1, 0.15) is 0 Å². The van der Waals surface area contributed by atoms with Crippen LogP contribution in [0.1, 0.15) is 39.3 Å². The van der Waals surface area contributed by atoms with Gasteiger partial charge in [-0.05, 0) is 12.8 Å². The summed E-state index contributed by atoms with van der Waals surface area (Å²) in [7, 11) is 1.45. The van der Waals surface area contributed by atoms with Crippen molar-refractivity contribution in [2.45, 2.75) is 39.0 Å². The maximum absolute atomic E-state index is 11.7. The Morgan fingerprint density at radius 2 is 2.23 bits per heavy atom. The molecule has 1 fully saturated rings. The number of hydrogen-bond acceptors (Lipinski definition) is 6. The normalized spacial score (nSPS) is 19.6. The maximum atomic E-state index is 11.7. The molecule has 0 aliphatic carbocycles. The molecular weight excluding hydrogens is 300 g/mol. The molecule has 2 aromatic rings. The van der Waals surface area contributed by atoms with Gasteiger partial charge in [-0.2, -0.15) is 0 Å². The van der Waals surface area contributed by atoms with Gasteiger partial charge < -0.3 is 9.64 Å². The van der Waals surface area contributed by atoms with Gasteiger partial charge in [0.2, 0.25) is 10.1 Å². The minimum Gasteiger partial charge on any atom is -0.469 e. The third-order valence-electron chi connectivity index (χ3n) is 4.03. The van der Waals surface area contributed by atoms with E-state index in [4.69, 9.17) is 4.74 Å². The van der Waals surface area contributed by atoms with Crippen LogP contribution in [-0.4, -0.2) is 40.8 Å². The van der Waals surface area contributed by atoms with E-state index in [1.165, 1.54) is 7.11 Å². The highest BCUT2D eigenvalue weighted by molar-refractivity contribution is 7.20. The third kappa shape index (κ3) is 2.82. The van der Waals surface area contributed by atoms with E-state index in [-0.39, 0.29) is 17.3 Å². The number of carbonyl (C=O) groups is 1. The number of carbonyl (C=O) groups excluding carboxylic acids is 1. The fraction of sp³-hybridized carbons (Fsp3) is 0.667. The van der Waals surface area contributed by atoms with Crippen molar-refractivity contribution >= 4 is 27.4 Å². The molecule has 1 atom stereocenters. The van der Waals surface area contributed by atoms with Crippen molar-refractivity contribution < 1.29 is 9.53 Å². The summed E-state index contributed by atoms with van der Waals surface area (Å²) in [5.74, 6) is -0.179. The molecular formula is C15H22N4O2S. The van der Waals surface area contributed by atoms with Crippen LogP contribution in [0.4, 0.5) is 5.13 Å². The second kappa shape index (κ2) is 5.53. The van der Waals surface area contributed by atoms with Crippen LogP contribution < -0.4 is 4.90 Å². The molecule has 0 spiro atoms. The number of ether oxygens (including phenoxy) is 1. The SMILES string of the molecule is COC(=O)[C@H]1CCCN(c2nn3cc(C(C)(C)C)nc3s2)C1. The molecule has 2 aromatic heterocycles. The molecule has 1 aliphatic heterocycles. The van der Waals surface area contributed by atoms with Gasteiger partial charge in [-0.25, -0.2) is 9.50 Å². The summed E-state index contributed by atoms with van der Waals surface area (Å²) in [6, 6.07) is 0. The number of hydrogen-bond donors (Lipinski definition) is 0. The molecule has 1 aliphatic rings. The molecule has 0 unspecified atom stereocenters. The van der Waals surface area contributed by atoms with Crippen LogP contribution in [0.3, 0.4) is 0 Å². The van der Waals surface area contributed by atoms with Gasteiger partial charge >= 0.3 is 5.97 Å². The Morgan fingerprint density at radius 1 is 1.45 bits per heavy atom. The lowest BCUT2D eigenvalue weighted by atomic mass is 9.93. The number of imidazole rings is 1. The first-order valence-corrected chi connectivity index (χ1v) is 8.39. The number of methoxy groups -OCH3 is 1. The van der Waals surface area contributed by atoms with E-state index in [0.717, 1.165) is 35.2 Å². The fourth-order valence-electron chi connectivity index (χ4n) is 2.69. The van der Waals surface area contributed by atoms with E-state index < -0.39 is 0 Å². The largest absolute Gasteiger partial charge is 0.469 e. The van der Waals surface area contributed by atoms with E-state index in [2.05, 4.69) is 35.8 Å². The van der Waals surface area contributed by atoms with Crippen LogP contribution in [0.2, 0.25) is 0 Å². The van der Waals surface area contributed by atoms with Crippen molar-refractivity contribution in [1.82, 2.24) is 14.6 Å². The van der Waals surface area contributed by atoms with Gasteiger partial charge in [0.05, 0.1) is 24.9 Å². The van der Waals surface area contributed by atoms with Crippen molar-refractivity contribution in [3.63, 3.8) is 0 Å². The highest BCUT2D eigenvalue weighted by atomic mass is 32.1. The minimum absolute atomic E-state index is 0.0225. The maximum Gasteiger partial charge on any atom is 0.310 e. The summed E-state index contributed by atoms with van der Waals surface area (Å²) in [5, 5.41) is 5.56. The summed E-state index contributed by atoms with van der Waals surface area (Å²) >= 11 is 1.58. The monoisotopic (exact) mass is 322 g/mol. The van der Waals surface area contributed by atoms with E-state index in [1.54, 1.807) is 11.3 Å². The van der Waals surface area contributed by atoms with E-state index in [1.807, 2.05) is 10.7 Å². The number of esters is 1. The number of fused-ring (bicyclic) bond motifs is 1. The Labute approximate surface area is 134 Å². The topological polar surface area (TPSA) is 59.7 Å². The van der Waals surface area contributed by atoms with Crippen molar-refractivity contribution in [3.05, 3.63) is 11.9 Å². The minimum atomic E-state index is -0.124. The Hall–Kier alpha value is -1.63. The molecule has 0 bridgehead atoms. The molecule has 3 heterocycles. The Balaban J connectivity index is 1.81. The second-order valence-electron chi connectivity index (χ2n) is 6.80. The van der Waals surface area contributed by atoms with Gasteiger partial charge in [-0.3, -0.25) is 4.79 Å². The van der Waals surface area contributed by atoms with Gasteiger partial charge in [0.25, 0.3) is 0 Å². The predicted octanol–water partition coefficient (Wildman–Crippen LogP) is 2.48. The van der Waals surface area contributed by atoms with Crippen LogP contribution >= 0.6 is 11.3 Å². The average Bonchev–Trinajstić information content (AvgIpc) is 3.04. The number of nitrogens with zero attached hydrogens (tertiary/aromatic N) is 4. The van der Waals surface area contributed by atoms with Crippen LogP contribution in [0.5, 0.6) is 0 Å². The zero-order valence-electron chi connectivity index (χ0n) is 13.5. The fourth-order valence-corrected chi connectivity index (χ4v) is 3.61. The quantitative estimate of drug-likeness (QED) is 0.795. The molecule has 22 heavy (non-hydrogen) atoms. The van der Waals surface area contributed by atoms with Crippen molar-refractivity contribution in [3.8, 4) is 0 Å². The number of piperidine rings is 1. The molecule has 0 amide bonds. The summed E-state index contributed by atoms with van der Waals surface area (Å²) in [5.41, 5.74) is 1.07. The summed E-state index contributed by atoms with van der Waals surface area (Å²) in [4.78, 5) is 19.5. The molecule has 0 aromatic carbocycles.